The first-order valence-electron chi connectivity index (χ1n) is 5.83. The van der Waals surface area contributed by atoms with Gasteiger partial charge in [0.2, 0.25) is 10.0 Å². The number of nitrogens with two attached hydrogens (primary N) is 1. The Kier molecular flexibility index (Phi) is 5.39. The predicted octanol–water partition coefficient (Wildman–Crippen LogP) is 1.78. The molecule has 3 N–H and O–H groups in total. The molecule has 0 saturated heterocycles. The molecule has 1 aromatic rings. The highest BCUT2D eigenvalue weighted by Gasteiger charge is 2.22. The topological polar surface area (TPSA) is 72.2 Å². The number of sulfonamides is 1. The highest BCUT2D eigenvalue weighted by Crippen LogP contribution is 2.18. The van der Waals surface area contributed by atoms with Gasteiger partial charge in [-0.15, -0.1) is 0 Å². The molecule has 0 radical (unpaired) electrons. The summed E-state index contributed by atoms with van der Waals surface area (Å²) in [5, 5.41) is 0. The smallest absolute Gasteiger partial charge is 0.241 e. The molecule has 0 amide bonds. The number of nitrogens with one attached hydrogen (secondary N) is 1. The van der Waals surface area contributed by atoms with Gasteiger partial charge in [-0.3, -0.25) is 0 Å². The summed E-state index contributed by atoms with van der Waals surface area (Å²) in [5.74, 6) is -0.371. The van der Waals surface area contributed by atoms with Gasteiger partial charge in [0.05, 0.1) is 10.5 Å². The summed E-state index contributed by atoms with van der Waals surface area (Å²) in [4.78, 5) is -0.494. The van der Waals surface area contributed by atoms with Gasteiger partial charge >= 0.3 is 0 Å². The fraction of sp³-hybridized carbons (Fsp3) is 0.417. The van der Waals surface area contributed by atoms with Crippen LogP contribution in [-0.2, 0) is 10.0 Å². The van der Waals surface area contributed by atoms with Crippen LogP contribution in [0.4, 0.5) is 4.39 Å². The molecular formula is C12H17FN2O2S2. The van der Waals surface area contributed by atoms with Crippen LogP contribution in [0.1, 0.15) is 25.8 Å². The average molecular weight is 304 g/mol. The van der Waals surface area contributed by atoms with Crippen molar-refractivity contribution >= 4 is 27.2 Å². The third-order valence-electron chi connectivity index (χ3n) is 2.53. The Bertz CT molecular complexity index is 571. The van der Waals surface area contributed by atoms with E-state index in [2.05, 4.69) is 4.72 Å². The monoisotopic (exact) mass is 304 g/mol. The molecule has 0 fully saturated rings. The molecule has 0 aliphatic rings. The van der Waals surface area contributed by atoms with Gasteiger partial charge in [-0.2, -0.15) is 0 Å². The molecule has 0 aliphatic heterocycles. The minimum atomic E-state index is -3.81. The molecule has 0 aromatic heterocycles. The molecule has 0 atom stereocenters. The Morgan fingerprint density at radius 2 is 2.11 bits per heavy atom. The SMILES string of the molecule is CC(C)CCNS(=O)(=O)c1cccc(F)c1C(N)=S. The standard InChI is InChI=1S/C12H17FN2O2S2/c1-8(2)6-7-15-19(16,17)10-5-3-4-9(13)11(10)12(14)18/h3-5,8,15H,6-7H2,1-2H3,(H2,14,18). The number of benzene rings is 1. The Hall–Kier alpha value is -1.05. The minimum absolute atomic E-state index is 0.219. The lowest BCUT2D eigenvalue weighted by Gasteiger charge is -2.12. The molecule has 0 saturated carbocycles. The van der Waals surface area contributed by atoms with E-state index in [1.807, 2.05) is 13.8 Å². The summed E-state index contributed by atoms with van der Waals surface area (Å²) in [6.45, 7) is 4.25. The molecule has 0 bridgehead atoms. The van der Waals surface area contributed by atoms with Crippen molar-refractivity contribution in [2.75, 3.05) is 6.54 Å². The van der Waals surface area contributed by atoms with Crippen molar-refractivity contribution in [3.63, 3.8) is 0 Å². The van der Waals surface area contributed by atoms with Crippen LogP contribution in [0.3, 0.4) is 0 Å². The molecule has 7 heteroatoms. The van der Waals surface area contributed by atoms with Crippen LogP contribution in [0.2, 0.25) is 0 Å². The Morgan fingerprint density at radius 3 is 2.63 bits per heavy atom. The molecule has 4 nitrogen and oxygen atoms in total. The van der Waals surface area contributed by atoms with Gasteiger partial charge in [0.15, 0.2) is 0 Å². The lowest BCUT2D eigenvalue weighted by Crippen LogP contribution is -2.28. The Labute approximate surface area is 118 Å². The summed E-state index contributed by atoms with van der Waals surface area (Å²) in [5.41, 5.74) is 5.15. The highest BCUT2D eigenvalue weighted by atomic mass is 32.2. The molecule has 106 valence electrons. The van der Waals surface area contributed by atoms with Crippen molar-refractivity contribution in [1.82, 2.24) is 4.72 Å². The van der Waals surface area contributed by atoms with Crippen molar-refractivity contribution in [3.8, 4) is 0 Å². The maximum atomic E-state index is 13.6. The molecule has 0 spiro atoms. The summed E-state index contributed by atoms with van der Waals surface area (Å²) in [6, 6.07) is 3.73. The van der Waals surface area contributed by atoms with Crippen LogP contribution in [0.5, 0.6) is 0 Å². The summed E-state index contributed by atoms with van der Waals surface area (Å²) < 4.78 is 40.2. The maximum Gasteiger partial charge on any atom is 0.241 e. The van der Waals surface area contributed by atoms with E-state index in [-0.39, 0.29) is 22.0 Å². The van der Waals surface area contributed by atoms with Gasteiger partial charge in [-0.1, -0.05) is 32.1 Å². The first-order valence-corrected chi connectivity index (χ1v) is 7.73. The van der Waals surface area contributed by atoms with E-state index in [4.69, 9.17) is 18.0 Å². The minimum Gasteiger partial charge on any atom is -0.389 e. The van der Waals surface area contributed by atoms with Gasteiger partial charge in [0.1, 0.15) is 10.8 Å². The van der Waals surface area contributed by atoms with Crippen molar-refractivity contribution in [1.29, 1.82) is 0 Å². The van der Waals surface area contributed by atoms with Crippen molar-refractivity contribution in [3.05, 3.63) is 29.6 Å². The molecule has 1 rings (SSSR count). The molecule has 19 heavy (non-hydrogen) atoms. The molecule has 0 unspecified atom stereocenters. The number of hydrogen-bond acceptors (Lipinski definition) is 3. The average Bonchev–Trinajstić information content (AvgIpc) is 2.27. The van der Waals surface area contributed by atoms with Gasteiger partial charge in [-0.05, 0) is 24.5 Å². The zero-order valence-corrected chi connectivity index (χ0v) is 12.4. The summed E-state index contributed by atoms with van der Waals surface area (Å²) in [6.07, 6.45) is 0.691. The fourth-order valence-electron chi connectivity index (χ4n) is 1.53. The van der Waals surface area contributed by atoms with Crippen LogP contribution in [0.25, 0.3) is 0 Å². The van der Waals surface area contributed by atoms with Crippen LogP contribution >= 0.6 is 12.2 Å². The van der Waals surface area contributed by atoms with E-state index < -0.39 is 15.8 Å². The molecule has 0 heterocycles. The van der Waals surface area contributed by atoms with E-state index in [0.717, 1.165) is 6.07 Å². The Morgan fingerprint density at radius 1 is 1.47 bits per heavy atom. The highest BCUT2D eigenvalue weighted by molar-refractivity contribution is 7.89. The second-order valence-corrected chi connectivity index (χ2v) is 6.73. The van der Waals surface area contributed by atoms with Crippen molar-refractivity contribution in [2.24, 2.45) is 11.7 Å². The number of thiocarbonyl (C=S) groups is 1. The van der Waals surface area contributed by atoms with Gasteiger partial charge in [0, 0.05) is 6.54 Å². The second-order valence-electron chi connectivity index (χ2n) is 4.56. The molecular weight excluding hydrogens is 287 g/mol. The van der Waals surface area contributed by atoms with Crippen LogP contribution in [0, 0.1) is 11.7 Å². The quantitative estimate of drug-likeness (QED) is 0.786. The second kappa shape index (κ2) is 6.40. The van der Waals surface area contributed by atoms with Crippen LogP contribution in [-0.4, -0.2) is 20.0 Å². The predicted molar refractivity (Wildman–Crippen MR) is 76.9 cm³/mol. The van der Waals surface area contributed by atoms with Gasteiger partial charge in [-0.25, -0.2) is 17.5 Å². The number of hydrogen-bond donors (Lipinski definition) is 2. The first-order chi connectivity index (χ1) is 8.75. The van der Waals surface area contributed by atoms with E-state index in [1.165, 1.54) is 12.1 Å². The normalized spacial score (nSPS) is 11.8. The lowest BCUT2D eigenvalue weighted by atomic mass is 10.1. The van der Waals surface area contributed by atoms with Crippen molar-refractivity contribution < 1.29 is 12.8 Å². The zero-order chi connectivity index (χ0) is 14.6. The van der Waals surface area contributed by atoms with E-state index in [1.54, 1.807) is 0 Å². The summed E-state index contributed by atoms with van der Waals surface area (Å²) >= 11 is 4.71. The van der Waals surface area contributed by atoms with E-state index in [0.29, 0.717) is 12.3 Å². The van der Waals surface area contributed by atoms with E-state index in [9.17, 15) is 12.8 Å². The Balaban J connectivity index is 3.08. The first kappa shape index (κ1) is 16.0. The van der Waals surface area contributed by atoms with Crippen LogP contribution in [0.15, 0.2) is 23.1 Å². The number of rotatable bonds is 6. The lowest BCUT2D eigenvalue weighted by molar-refractivity contribution is 0.550. The fourth-order valence-corrected chi connectivity index (χ4v) is 3.08. The molecule has 0 aliphatic carbocycles. The zero-order valence-electron chi connectivity index (χ0n) is 10.8. The molecule has 1 aromatic carbocycles. The maximum absolute atomic E-state index is 13.6. The third-order valence-corrected chi connectivity index (χ3v) is 4.23. The van der Waals surface area contributed by atoms with E-state index >= 15 is 0 Å². The summed E-state index contributed by atoms with van der Waals surface area (Å²) in [7, 11) is -3.81. The number of halogens is 1. The third kappa shape index (κ3) is 4.22. The van der Waals surface area contributed by atoms with Gasteiger partial charge in [0.25, 0.3) is 0 Å². The van der Waals surface area contributed by atoms with Crippen molar-refractivity contribution in [2.45, 2.75) is 25.2 Å². The van der Waals surface area contributed by atoms with Gasteiger partial charge < -0.3 is 5.73 Å². The largest absolute Gasteiger partial charge is 0.389 e. The van der Waals surface area contributed by atoms with Crippen LogP contribution < -0.4 is 10.5 Å².